The molecule has 126 valence electrons. The summed E-state index contributed by atoms with van der Waals surface area (Å²) in [6.45, 7) is 10.2. The van der Waals surface area contributed by atoms with E-state index in [4.69, 9.17) is 5.11 Å². The second-order valence-corrected chi connectivity index (χ2v) is 6.86. The maximum absolute atomic E-state index is 10.5. The lowest BCUT2D eigenvalue weighted by Gasteiger charge is -2.35. The SMILES string of the molecule is CC1=C(/C=C/C(C)=C/C=C/C(C)=C\C(=O)O)C(C)(C)CC[C@H]1O. The van der Waals surface area contributed by atoms with E-state index in [1.807, 2.05) is 32.1 Å². The molecule has 23 heavy (non-hydrogen) atoms. The fraction of sp³-hybridized carbons (Fsp3) is 0.450. The standard InChI is InChI=1S/C20H28O3/c1-14(7-6-8-15(2)13-19(22)23)9-10-17-16(3)18(21)11-12-20(17,4)5/h6-10,13,18,21H,11-12H2,1-5H3,(H,22,23)/b8-6+,10-9+,14-7+,15-13-/t18-/m1/s1. The number of aliphatic hydroxyl groups is 1. The van der Waals surface area contributed by atoms with Crippen LogP contribution in [0, 0.1) is 5.41 Å². The highest BCUT2D eigenvalue weighted by Crippen LogP contribution is 2.40. The first-order valence-electron chi connectivity index (χ1n) is 7.97. The Labute approximate surface area is 139 Å². The lowest BCUT2D eigenvalue weighted by atomic mass is 9.71. The van der Waals surface area contributed by atoms with Gasteiger partial charge in [0.1, 0.15) is 0 Å². The van der Waals surface area contributed by atoms with Crippen LogP contribution in [0.15, 0.2) is 58.7 Å². The molecule has 0 aromatic carbocycles. The number of allylic oxidation sites excluding steroid dienone is 8. The molecule has 2 N–H and O–H groups in total. The van der Waals surface area contributed by atoms with Crippen LogP contribution in [0.1, 0.15) is 47.5 Å². The molecule has 1 atom stereocenters. The molecule has 0 radical (unpaired) electrons. The van der Waals surface area contributed by atoms with Gasteiger partial charge in [-0.2, -0.15) is 0 Å². The van der Waals surface area contributed by atoms with Gasteiger partial charge in [0.25, 0.3) is 0 Å². The highest BCUT2D eigenvalue weighted by Gasteiger charge is 2.30. The van der Waals surface area contributed by atoms with Gasteiger partial charge in [0.15, 0.2) is 0 Å². The molecule has 0 amide bonds. The molecule has 0 aromatic heterocycles. The quantitative estimate of drug-likeness (QED) is 0.577. The van der Waals surface area contributed by atoms with Crippen molar-refractivity contribution in [2.75, 3.05) is 0 Å². The number of aliphatic hydroxyl groups excluding tert-OH is 1. The van der Waals surface area contributed by atoms with Crippen molar-refractivity contribution in [2.45, 2.75) is 53.6 Å². The Bertz CT molecular complexity index is 598. The van der Waals surface area contributed by atoms with E-state index in [1.54, 1.807) is 13.0 Å². The number of carbonyl (C=O) groups is 1. The van der Waals surface area contributed by atoms with E-state index in [1.165, 1.54) is 11.6 Å². The van der Waals surface area contributed by atoms with E-state index < -0.39 is 5.97 Å². The summed E-state index contributed by atoms with van der Waals surface area (Å²) >= 11 is 0. The minimum Gasteiger partial charge on any atom is -0.478 e. The van der Waals surface area contributed by atoms with Crippen LogP contribution in [0.4, 0.5) is 0 Å². The Balaban J connectivity index is 2.87. The Hall–Kier alpha value is -1.87. The lowest BCUT2D eigenvalue weighted by Crippen LogP contribution is -2.27. The fourth-order valence-corrected chi connectivity index (χ4v) is 2.78. The second kappa shape index (κ2) is 8.11. The number of carboxylic acids is 1. The summed E-state index contributed by atoms with van der Waals surface area (Å²) in [5.41, 5.74) is 4.11. The summed E-state index contributed by atoms with van der Waals surface area (Å²) in [6, 6.07) is 0. The molecule has 3 nitrogen and oxygen atoms in total. The van der Waals surface area contributed by atoms with Crippen molar-refractivity contribution in [1.29, 1.82) is 0 Å². The largest absolute Gasteiger partial charge is 0.478 e. The van der Waals surface area contributed by atoms with Crippen LogP contribution in [0.3, 0.4) is 0 Å². The number of carboxylic acid groups (broad SMARTS) is 1. The molecule has 1 rings (SSSR count). The van der Waals surface area contributed by atoms with Crippen LogP contribution in [-0.4, -0.2) is 22.3 Å². The average Bonchev–Trinajstić information content (AvgIpc) is 2.42. The number of rotatable bonds is 5. The van der Waals surface area contributed by atoms with Gasteiger partial charge in [-0.05, 0) is 55.7 Å². The van der Waals surface area contributed by atoms with Gasteiger partial charge < -0.3 is 10.2 Å². The van der Waals surface area contributed by atoms with Gasteiger partial charge in [-0.1, -0.05) is 49.8 Å². The van der Waals surface area contributed by atoms with E-state index in [0.717, 1.165) is 24.0 Å². The molecule has 0 saturated heterocycles. The van der Waals surface area contributed by atoms with Crippen molar-refractivity contribution >= 4 is 5.97 Å². The predicted molar refractivity (Wildman–Crippen MR) is 95.2 cm³/mol. The van der Waals surface area contributed by atoms with Gasteiger partial charge in [0, 0.05) is 6.08 Å². The fourth-order valence-electron chi connectivity index (χ4n) is 2.78. The molecule has 0 heterocycles. The summed E-state index contributed by atoms with van der Waals surface area (Å²) in [4.78, 5) is 10.5. The normalized spacial score (nSPS) is 23.1. The van der Waals surface area contributed by atoms with Crippen molar-refractivity contribution < 1.29 is 15.0 Å². The zero-order valence-corrected chi connectivity index (χ0v) is 14.8. The van der Waals surface area contributed by atoms with Gasteiger partial charge in [-0.3, -0.25) is 0 Å². The summed E-state index contributed by atoms with van der Waals surface area (Å²) in [6.07, 6.45) is 12.3. The Morgan fingerprint density at radius 1 is 1.22 bits per heavy atom. The van der Waals surface area contributed by atoms with Crippen LogP contribution in [0.25, 0.3) is 0 Å². The topological polar surface area (TPSA) is 57.5 Å². The highest BCUT2D eigenvalue weighted by atomic mass is 16.4. The number of hydrogen-bond acceptors (Lipinski definition) is 2. The van der Waals surface area contributed by atoms with Crippen LogP contribution in [0.5, 0.6) is 0 Å². The molecule has 3 heteroatoms. The average molecular weight is 316 g/mol. The zero-order chi connectivity index (χ0) is 17.6. The van der Waals surface area contributed by atoms with Gasteiger partial charge >= 0.3 is 5.97 Å². The molecule has 0 spiro atoms. The van der Waals surface area contributed by atoms with E-state index in [-0.39, 0.29) is 11.5 Å². The first-order valence-corrected chi connectivity index (χ1v) is 7.97. The molecule has 0 aliphatic heterocycles. The lowest BCUT2D eigenvalue weighted by molar-refractivity contribution is -0.131. The maximum atomic E-state index is 10.5. The van der Waals surface area contributed by atoms with Crippen molar-refractivity contribution in [3.63, 3.8) is 0 Å². The van der Waals surface area contributed by atoms with E-state index in [9.17, 15) is 9.90 Å². The van der Waals surface area contributed by atoms with Crippen molar-refractivity contribution in [1.82, 2.24) is 0 Å². The van der Waals surface area contributed by atoms with Gasteiger partial charge in [-0.25, -0.2) is 4.79 Å². The van der Waals surface area contributed by atoms with Crippen molar-refractivity contribution in [3.05, 3.63) is 58.7 Å². The second-order valence-electron chi connectivity index (χ2n) is 6.86. The third kappa shape index (κ3) is 6.03. The highest BCUT2D eigenvalue weighted by molar-refractivity contribution is 5.81. The third-order valence-corrected chi connectivity index (χ3v) is 4.28. The molecular weight excluding hydrogens is 288 g/mol. The van der Waals surface area contributed by atoms with Crippen LogP contribution < -0.4 is 0 Å². The molecule has 0 saturated carbocycles. The summed E-state index contributed by atoms with van der Waals surface area (Å²) in [5, 5.41) is 18.7. The summed E-state index contributed by atoms with van der Waals surface area (Å²) < 4.78 is 0. The Kier molecular flexibility index (Phi) is 6.77. The smallest absolute Gasteiger partial charge is 0.328 e. The molecular formula is C20H28O3. The minimum absolute atomic E-state index is 0.0801. The van der Waals surface area contributed by atoms with Crippen LogP contribution in [0.2, 0.25) is 0 Å². The van der Waals surface area contributed by atoms with Crippen molar-refractivity contribution in [2.24, 2.45) is 5.41 Å². The Morgan fingerprint density at radius 3 is 2.48 bits per heavy atom. The number of hydrogen-bond donors (Lipinski definition) is 2. The minimum atomic E-state index is -0.937. The third-order valence-electron chi connectivity index (χ3n) is 4.28. The molecule has 1 aliphatic rings. The molecule has 0 bridgehead atoms. The van der Waals surface area contributed by atoms with Crippen molar-refractivity contribution in [3.8, 4) is 0 Å². The van der Waals surface area contributed by atoms with Gasteiger partial charge in [0.05, 0.1) is 6.10 Å². The van der Waals surface area contributed by atoms with Gasteiger partial charge in [-0.15, -0.1) is 0 Å². The molecule has 0 aromatic rings. The molecule has 1 aliphatic carbocycles. The van der Waals surface area contributed by atoms with E-state index >= 15 is 0 Å². The first-order chi connectivity index (χ1) is 10.6. The molecule has 0 fully saturated rings. The summed E-state index contributed by atoms with van der Waals surface area (Å²) in [5.74, 6) is -0.937. The maximum Gasteiger partial charge on any atom is 0.328 e. The predicted octanol–water partition coefficient (Wildman–Crippen LogP) is 4.57. The number of aliphatic carboxylic acids is 1. The molecule has 0 unspecified atom stereocenters. The monoisotopic (exact) mass is 316 g/mol. The van der Waals surface area contributed by atoms with Gasteiger partial charge in [0.2, 0.25) is 0 Å². The van der Waals surface area contributed by atoms with E-state index in [2.05, 4.69) is 19.9 Å². The summed E-state index contributed by atoms with van der Waals surface area (Å²) in [7, 11) is 0. The zero-order valence-electron chi connectivity index (χ0n) is 14.8. The van der Waals surface area contributed by atoms with Crippen LogP contribution >= 0.6 is 0 Å². The van der Waals surface area contributed by atoms with E-state index in [0.29, 0.717) is 5.57 Å². The first kappa shape index (κ1) is 19.2. The Morgan fingerprint density at radius 2 is 1.87 bits per heavy atom. The van der Waals surface area contributed by atoms with Crippen LogP contribution in [-0.2, 0) is 4.79 Å².